The van der Waals surface area contributed by atoms with Crippen molar-refractivity contribution >= 4 is 33.8 Å². The molecule has 0 saturated carbocycles. The number of anilines is 1. The number of carboxylic acids is 1. The number of fused-ring (bicyclic) bond motifs is 1. The van der Waals surface area contributed by atoms with E-state index in [0.717, 1.165) is 33.8 Å². The van der Waals surface area contributed by atoms with E-state index in [1.54, 1.807) is 42.6 Å². The molecular weight excluding hydrogens is 509 g/mol. The number of pyridine rings is 1. The third kappa shape index (κ3) is 5.93. The van der Waals surface area contributed by atoms with E-state index in [9.17, 15) is 26.4 Å². The van der Waals surface area contributed by atoms with Gasteiger partial charge in [-0.25, -0.2) is 8.42 Å². The molecule has 3 aromatic rings. The second kappa shape index (κ2) is 10.3. The van der Waals surface area contributed by atoms with E-state index in [-0.39, 0.29) is 30.8 Å². The standard InChI is InChI=1S/C26H23F3N2O5S/c1-17-4-3-13-30-22(17)10-7-18-8-11-24-23(14-18)31(16-20(36-24)9-12-25(32)33)37(34,35)21-6-2-5-19(15-21)26(27,28)29/h2-8,10-11,13-15,20H,9,12,16H2,1H3,(H,32,33)/b10-7+/t20-/m0/s1. The van der Waals surface area contributed by atoms with Crippen LogP contribution in [0.25, 0.3) is 12.2 Å². The number of aryl methyl sites for hydroxylation is 1. The van der Waals surface area contributed by atoms with Gasteiger partial charge in [-0.3, -0.25) is 14.1 Å². The lowest BCUT2D eigenvalue weighted by Crippen LogP contribution is -2.43. The first-order chi connectivity index (χ1) is 17.4. The maximum absolute atomic E-state index is 13.6. The van der Waals surface area contributed by atoms with Gasteiger partial charge in [0.05, 0.1) is 28.4 Å². The van der Waals surface area contributed by atoms with E-state index in [2.05, 4.69) is 4.98 Å². The number of hydrogen-bond donors (Lipinski definition) is 1. The molecule has 194 valence electrons. The maximum atomic E-state index is 13.6. The maximum Gasteiger partial charge on any atom is 0.416 e. The highest BCUT2D eigenvalue weighted by atomic mass is 32.2. The molecule has 7 nitrogen and oxygen atoms in total. The third-order valence-corrected chi connectivity index (χ3v) is 7.60. The lowest BCUT2D eigenvalue weighted by atomic mass is 10.1. The predicted octanol–water partition coefficient (Wildman–Crippen LogP) is 5.40. The van der Waals surface area contributed by atoms with Gasteiger partial charge in [0.25, 0.3) is 10.0 Å². The minimum absolute atomic E-state index is 0.0178. The van der Waals surface area contributed by atoms with E-state index in [1.165, 1.54) is 0 Å². The van der Waals surface area contributed by atoms with Crippen molar-refractivity contribution in [2.45, 2.75) is 36.9 Å². The first-order valence-corrected chi connectivity index (χ1v) is 12.7. The second-order valence-corrected chi connectivity index (χ2v) is 10.4. The van der Waals surface area contributed by atoms with Crippen LogP contribution in [0.2, 0.25) is 0 Å². The average Bonchev–Trinajstić information content (AvgIpc) is 2.86. The molecule has 0 unspecified atom stereocenters. The number of benzene rings is 2. The van der Waals surface area contributed by atoms with Crippen LogP contribution < -0.4 is 9.04 Å². The van der Waals surface area contributed by atoms with E-state index in [4.69, 9.17) is 9.84 Å². The fraction of sp³-hybridized carbons (Fsp3) is 0.231. The largest absolute Gasteiger partial charge is 0.486 e. The molecule has 1 atom stereocenters. The van der Waals surface area contributed by atoms with E-state index >= 15 is 0 Å². The normalized spacial score (nSPS) is 15.9. The Hall–Kier alpha value is -3.86. The predicted molar refractivity (Wildman–Crippen MR) is 132 cm³/mol. The number of carbonyl (C=O) groups is 1. The van der Waals surface area contributed by atoms with Crippen LogP contribution in [0.1, 0.15) is 35.2 Å². The number of aliphatic carboxylic acids is 1. The van der Waals surface area contributed by atoms with Crippen molar-refractivity contribution in [2.75, 3.05) is 10.8 Å². The Morgan fingerprint density at radius 2 is 1.95 bits per heavy atom. The van der Waals surface area contributed by atoms with Gasteiger partial charge in [-0.05, 0) is 66.9 Å². The van der Waals surface area contributed by atoms with Gasteiger partial charge in [0.15, 0.2) is 0 Å². The molecule has 1 aromatic heterocycles. The number of rotatable bonds is 7. The summed E-state index contributed by atoms with van der Waals surface area (Å²) in [5, 5.41) is 9.05. The Labute approximate surface area is 211 Å². The fourth-order valence-corrected chi connectivity index (χ4v) is 5.45. The van der Waals surface area contributed by atoms with E-state index < -0.39 is 38.7 Å². The minimum Gasteiger partial charge on any atom is -0.486 e. The number of alkyl halides is 3. The minimum atomic E-state index is -4.72. The van der Waals surface area contributed by atoms with Gasteiger partial charge in [0.2, 0.25) is 0 Å². The Bertz CT molecular complexity index is 1450. The molecule has 0 radical (unpaired) electrons. The molecule has 11 heteroatoms. The molecule has 37 heavy (non-hydrogen) atoms. The van der Waals surface area contributed by atoms with Crippen LogP contribution in [0.4, 0.5) is 18.9 Å². The quantitative estimate of drug-likeness (QED) is 0.438. The smallest absolute Gasteiger partial charge is 0.416 e. The summed E-state index contributed by atoms with van der Waals surface area (Å²) in [4.78, 5) is 14.8. The van der Waals surface area contributed by atoms with Crippen LogP contribution in [0, 0.1) is 6.92 Å². The van der Waals surface area contributed by atoms with Crippen molar-refractivity contribution in [3.63, 3.8) is 0 Å². The second-order valence-electron chi connectivity index (χ2n) is 8.50. The van der Waals surface area contributed by atoms with Gasteiger partial charge in [0.1, 0.15) is 11.9 Å². The zero-order valence-electron chi connectivity index (χ0n) is 19.6. The summed E-state index contributed by atoms with van der Waals surface area (Å²) < 4.78 is 73.9. The monoisotopic (exact) mass is 532 g/mol. The summed E-state index contributed by atoms with van der Waals surface area (Å²) in [6.45, 7) is 1.64. The Kier molecular flexibility index (Phi) is 7.26. The summed E-state index contributed by atoms with van der Waals surface area (Å²) in [7, 11) is -4.45. The summed E-state index contributed by atoms with van der Waals surface area (Å²) in [6, 6.07) is 12.0. The van der Waals surface area contributed by atoms with Crippen LogP contribution >= 0.6 is 0 Å². The number of halogens is 3. The van der Waals surface area contributed by atoms with Crippen LogP contribution in [-0.2, 0) is 21.0 Å². The number of aromatic nitrogens is 1. The average molecular weight is 533 g/mol. The molecule has 0 spiro atoms. The van der Waals surface area contributed by atoms with Crippen LogP contribution in [0.3, 0.4) is 0 Å². The summed E-state index contributed by atoms with van der Waals surface area (Å²) in [5.74, 6) is -0.893. The summed E-state index contributed by atoms with van der Waals surface area (Å²) >= 11 is 0. The number of nitrogens with zero attached hydrogens (tertiary/aromatic N) is 2. The number of carboxylic acid groups (broad SMARTS) is 1. The fourth-order valence-electron chi connectivity index (χ4n) is 3.90. The molecule has 4 rings (SSSR count). The molecule has 1 aliphatic heterocycles. The van der Waals surface area contributed by atoms with Gasteiger partial charge in [-0.15, -0.1) is 0 Å². The van der Waals surface area contributed by atoms with Crippen LogP contribution in [-0.4, -0.2) is 37.1 Å². The first kappa shape index (κ1) is 26.2. The SMILES string of the molecule is Cc1cccnc1/C=C/c1ccc2c(c1)N(S(=O)(=O)c1cccc(C(F)(F)F)c1)C[C@H](CCC(=O)O)O2. The first-order valence-electron chi connectivity index (χ1n) is 11.3. The molecule has 0 bridgehead atoms. The molecule has 0 fully saturated rings. The highest BCUT2D eigenvalue weighted by Crippen LogP contribution is 2.40. The van der Waals surface area contributed by atoms with Gasteiger partial charge < -0.3 is 9.84 Å². The molecule has 0 saturated heterocycles. The van der Waals surface area contributed by atoms with Crippen LogP contribution in [0.15, 0.2) is 65.7 Å². The van der Waals surface area contributed by atoms with Crippen molar-refractivity contribution in [3.05, 3.63) is 83.2 Å². The summed E-state index contributed by atoms with van der Waals surface area (Å²) in [6.07, 6.45) is -0.620. The van der Waals surface area contributed by atoms with E-state index in [0.29, 0.717) is 11.6 Å². The zero-order chi connectivity index (χ0) is 26.8. The van der Waals surface area contributed by atoms with Gasteiger partial charge in [0, 0.05) is 12.6 Å². The van der Waals surface area contributed by atoms with Crippen molar-refractivity contribution < 1.29 is 36.2 Å². The molecule has 2 heterocycles. The lowest BCUT2D eigenvalue weighted by molar-refractivity contribution is -0.138. The van der Waals surface area contributed by atoms with E-state index in [1.807, 2.05) is 13.0 Å². The van der Waals surface area contributed by atoms with Gasteiger partial charge in [-0.2, -0.15) is 13.2 Å². The Morgan fingerprint density at radius 1 is 1.16 bits per heavy atom. The topological polar surface area (TPSA) is 96.8 Å². The molecule has 2 aromatic carbocycles. The molecule has 0 aliphatic carbocycles. The third-order valence-electron chi connectivity index (χ3n) is 5.83. The van der Waals surface area contributed by atoms with Crippen LogP contribution in [0.5, 0.6) is 5.75 Å². The molecular formula is C26H23F3N2O5S. The zero-order valence-corrected chi connectivity index (χ0v) is 20.5. The number of sulfonamides is 1. The lowest BCUT2D eigenvalue weighted by Gasteiger charge is -2.35. The van der Waals surface area contributed by atoms with Crippen molar-refractivity contribution in [1.82, 2.24) is 4.98 Å². The van der Waals surface area contributed by atoms with Crippen molar-refractivity contribution in [3.8, 4) is 5.75 Å². The Balaban J connectivity index is 1.75. The number of hydrogen-bond acceptors (Lipinski definition) is 5. The summed E-state index contributed by atoms with van der Waals surface area (Å²) in [5.41, 5.74) is 1.32. The highest BCUT2D eigenvalue weighted by molar-refractivity contribution is 7.92. The van der Waals surface area contributed by atoms with Gasteiger partial charge in [-0.1, -0.05) is 24.3 Å². The molecule has 1 aliphatic rings. The number of ether oxygens (including phenoxy) is 1. The molecule has 1 N–H and O–H groups in total. The highest BCUT2D eigenvalue weighted by Gasteiger charge is 2.37. The molecule has 0 amide bonds. The Morgan fingerprint density at radius 3 is 2.65 bits per heavy atom. The van der Waals surface area contributed by atoms with Gasteiger partial charge >= 0.3 is 12.1 Å². The van der Waals surface area contributed by atoms with Crippen molar-refractivity contribution in [2.24, 2.45) is 0 Å². The van der Waals surface area contributed by atoms with Crippen molar-refractivity contribution in [1.29, 1.82) is 0 Å².